The molecule has 8 heteroatoms. The Bertz CT molecular complexity index is 792. The van der Waals surface area contributed by atoms with Crippen molar-refractivity contribution >= 4 is 11.6 Å². The predicted octanol–water partition coefficient (Wildman–Crippen LogP) is 2.31. The highest BCUT2D eigenvalue weighted by Gasteiger charge is 2.22. The zero-order chi connectivity index (χ0) is 18.0. The number of hydrogen-bond donors (Lipinski definition) is 1. The first-order chi connectivity index (χ1) is 12.0. The van der Waals surface area contributed by atoms with E-state index >= 15 is 0 Å². The molecule has 1 amide bonds. The van der Waals surface area contributed by atoms with E-state index in [0.717, 1.165) is 19.4 Å². The monoisotopic (exact) mass is 344 g/mol. The molecule has 1 atom stereocenters. The van der Waals surface area contributed by atoms with Crippen LogP contribution in [0, 0.1) is 24.0 Å². The first-order valence-electron chi connectivity index (χ1n) is 8.18. The minimum atomic E-state index is -0.449. The van der Waals surface area contributed by atoms with Gasteiger partial charge in [-0.1, -0.05) is 0 Å². The van der Waals surface area contributed by atoms with Crippen molar-refractivity contribution in [3.63, 3.8) is 0 Å². The number of nitrogens with one attached hydrogen (secondary N) is 1. The second kappa shape index (κ2) is 7.02. The Morgan fingerprint density at radius 2 is 2.12 bits per heavy atom. The van der Waals surface area contributed by atoms with Crippen LogP contribution in [0.1, 0.15) is 34.6 Å². The maximum Gasteiger partial charge on any atom is 0.269 e. The molecule has 2 heterocycles. The molecule has 1 fully saturated rings. The summed E-state index contributed by atoms with van der Waals surface area (Å²) in [6.45, 7) is 4.81. The molecule has 1 aromatic carbocycles. The molecule has 0 radical (unpaired) electrons. The van der Waals surface area contributed by atoms with E-state index < -0.39 is 4.92 Å². The molecule has 1 saturated heterocycles. The van der Waals surface area contributed by atoms with Gasteiger partial charge in [-0.25, -0.2) is 4.68 Å². The third-order valence-electron chi connectivity index (χ3n) is 4.34. The number of aryl methyl sites for hydroxylation is 1. The van der Waals surface area contributed by atoms with Crippen LogP contribution >= 0.6 is 0 Å². The van der Waals surface area contributed by atoms with E-state index in [-0.39, 0.29) is 17.7 Å². The molecule has 1 aliphatic heterocycles. The van der Waals surface area contributed by atoms with Crippen molar-refractivity contribution in [2.24, 2.45) is 0 Å². The van der Waals surface area contributed by atoms with Crippen molar-refractivity contribution in [3.8, 4) is 5.69 Å². The van der Waals surface area contributed by atoms with Gasteiger partial charge in [0.15, 0.2) is 0 Å². The summed E-state index contributed by atoms with van der Waals surface area (Å²) in [4.78, 5) is 22.8. The van der Waals surface area contributed by atoms with Crippen LogP contribution in [0.3, 0.4) is 0 Å². The van der Waals surface area contributed by atoms with E-state index in [4.69, 9.17) is 4.74 Å². The van der Waals surface area contributed by atoms with Crippen molar-refractivity contribution in [2.75, 3.05) is 13.2 Å². The third-order valence-corrected chi connectivity index (χ3v) is 4.34. The summed E-state index contributed by atoms with van der Waals surface area (Å²) in [5, 5.41) is 18.1. The van der Waals surface area contributed by atoms with Gasteiger partial charge in [-0.2, -0.15) is 5.10 Å². The number of carbonyl (C=O) groups is 1. The normalized spacial score (nSPS) is 16.8. The van der Waals surface area contributed by atoms with Crippen LogP contribution in [0.5, 0.6) is 0 Å². The average molecular weight is 344 g/mol. The lowest BCUT2D eigenvalue weighted by Gasteiger charge is -2.11. The highest BCUT2D eigenvalue weighted by atomic mass is 16.6. The van der Waals surface area contributed by atoms with E-state index in [1.807, 2.05) is 6.92 Å². The Morgan fingerprint density at radius 1 is 1.40 bits per heavy atom. The molecule has 3 rings (SSSR count). The van der Waals surface area contributed by atoms with Gasteiger partial charge in [-0.15, -0.1) is 0 Å². The summed E-state index contributed by atoms with van der Waals surface area (Å²) >= 11 is 0. The number of rotatable bonds is 5. The molecule has 1 N–H and O–H groups in total. The molecule has 1 aliphatic rings. The smallest absolute Gasteiger partial charge is 0.269 e. The van der Waals surface area contributed by atoms with Gasteiger partial charge in [0.05, 0.1) is 33.7 Å². The average Bonchev–Trinajstić information content (AvgIpc) is 3.21. The lowest BCUT2D eigenvalue weighted by atomic mass is 10.1. The fourth-order valence-corrected chi connectivity index (χ4v) is 3.04. The number of amides is 1. The van der Waals surface area contributed by atoms with Crippen molar-refractivity contribution in [1.29, 1.82) is 0 Å². The minimum Gasteiger partial charge on any atom is -0.376 e. The Labute approximate surface area is 144 Å². The highest BCUT2D eigenvalue weighted by molar-refractivity contribution is 5.96. The number of nitrogens with zero attached hydrogens (tertiary/aromatic N) is 3. The molecule has 2 aromatic rings. The number of aromatic nitrogens is 2. The van der Waals surface area contributed by atoms with Crippen LogP contribution in [-0.2, 0) is 4.74 Å². The summed E-state index contributed by atoms with van der Waals surface area (Å²) in [5.41, 5.74) is 2.51. The van der Waals surface area contributed by atoms with Gasteiger partial charge in [0.2, 0.25) is 0 Å². The molecule has 0 unspecified atom stereocenters. The minimum absolute atomic E-state index is 0.0137. The number of non-ortho nitro benzene ring substituents is 1. The van der Waals surface area contributed by atoms with Crippen LogP contribution in [0.4, 0.5) is 5.69 Å². The summed E-state index contributed by atoms with van der Waals surface area (Å²) < 4.78 is 7.14. The summed E-state index contributed by atoms with van der Waals surface area (Å²) in [5.74, 6) is -0.182. The number of nitro benzene ring substituents is 1. The Kier molecular flexibility index (Phi) is 4.80. The fourth-order valence-electron chi connectivity index (χ4n) is 3.04. The summed E-state index contributed by atoms with van der Waals surface area (Å²) in [6, 6.07) is 6.07. The zero-order valence-corrected chi connectivity index (χ0v) is 14.2. The molecular formula is C17H20N4O4. The van der Waals surface area contributed by atoms with E-state index in [9.17, 15) is 14.9 Å². The molecule has 25 heavy (non-hydrogen) atoms. The fraction of sp³-hybridized carbons (Fsp3) is 0.412. The van der Waals surface area contributed by atoms with Gasteiger partial charge >= 0.3 is 0 Å². The van der Waals surface area contributed by atoms with Crippen molar-refractivity contribution in [1.82, 2.24) is 15.1 Å². The van der Waals surface area contributed by atoms with E-state index in [1.165, 1.54) is 12.1 Å². The van der Waals surface area contributed by atoms with Crippen LogP contribution in [0.2, 0.25) is 0 Å². The molecule has 0 bridgehead atoms. The Morgan fingerprint density at radius 3 is 2.72 bits per heavy atom. The number of carbonyl (C=O) groups excluding carboxylic acids is 1. The predicted molar refractivity (Wildman–Crippen MR) is 91.0 cm³/mol. The lowest BCUT2D eigenvalue weighted by Crippen LogP contribution is -2.32. The van der Waals surface area contributed by atoms with Crippen LogP contribution in [-0.4, -0.2) is 39.9 Å². The highest BCUT2D eigenvalue weighted by Crippen LogP contribution is 2.20. The van der Waals surface area contributed by atoms with Crippen LogP contribution in [0.15, 0.2) is 24.3 Å². The van der Waals surface area contributed by atoms with E-state index in [1.54, 1.807) is 23.7 Å². The van der Waals surface area contributed by atoms with Crippen LogP contribution in [0.25, 0.3) is 5.69 Å². The second-order valence-electron chi connectivity index (χ2n) is 6.08. The maximum absolute atomic E-state index is 12.5. The summed E-state index contributed by atoms with van der Waals surface area (Å²) in [6.07, 6.45) is 2.06. The van der Waals surface area contributed by atoms with Gasteiger partial charge in [-0.05, 0) is 38.8 Å². The van der Waals surface area contributed by atoms with Gasteiger partial charge in [0, 0.05) is 25.3 Å². The van der Waals surface area contributed by atoms with Gasteiger partial charge in [0.1, 0.15) is 0 Å². The zero-order valence-electron chi connectivity index (χ0n) is 14.2. The van der Waals surface area contributed by atoms with Gasteiger partial charge in [-0.3, -0.25) is 14.9 Å². The summed E-state index contributed by atoms with van der Waals surface area (Å²) in [7, 11) is 0. The van der Waals surface area contributed by atoms with E-state index in [0.29, 0.717) is 29.2 Å². The van der Waals surface area contributed by atoms with Gasteiger partial charge in [0.25, 0.3) is 11.6 Å². The van der Waals surface area contributed by atoms with Crippen molar-refractivity contribution < 1.29 is 14.5 Å². The second-order valence-corrected chi connectivity index (χ2v) is 6.08. The Hall–Kier alpha value is -2.74. The van der Waals surface area contributed by atoms with Crippen molar-refractivity contribution in [3.05, 3.63) is 51.3 Å². The third kappa shape index (κ3) is 3.53. The first-order valence-corrected chi connectivity index (χ1v) is 8.18. The molecule has 1 aromatic heterocycles. The topological polar surface area (TPSA) is 99.3 Å². The SMILES string of the molecule is Cc1nn(-c2ccc([N+](=O)[O-])cc2)c(C)c1C(=O)NC[C@H]1CCCO1. The van der Waals surface area contributed by atoms with Gasteiger partial charge < -0.3 is 10.1 Å². The number of hydrogen-bond acceptors (Lipinski definition) is 5. The molecule has 0 spiro atoms. The lowest BCUT2D eigenvalue weighted by molar-refractivity contribution is -0.384. The molecule has 132 valence electrons. The van der Waals surface area contributed by atoms with Crippen LogP contribution < -0.4 is 5.32 Å². The maximum atomic E-state index is 12.5. The number of benzene rings is 1. The molecular weight excluding hydrogens is 324 g/mol. The quantitative estimate of drug-likeness (QED) is 0.663. The molecule has 0 saturated carbocycles. The Balaban J connectivity index is 1.79. The molecule has 8 nitrogen and oxygen atoms in total. The van der Waals surface area contributed by atoms with E-state index in [2.05, 4.69) is 10.4 Å². The number of nitro groups is 1. The first kappa shape index (κ1) is 17.1. The molecule has 0 aliphatic carbocycles. The standard InChI is InChI=1S/C17H20N4O4/c1-11-16(17(22)18-10-15-4-3-9-25-15)12(2)20(19-11)13-5-7-14(8-6-13)21(23)24/h5-8,15H,3-4,9-10H2,1-2H3,(H,18,22)/t15-/m1/s1. The van der Waals surface area contributed by atoms with Crippen molar-refractivity contribution in [2.45, 2.75) is 32.8 Å². The number of ether oxygens (including phenoxy) is 1. The largest absolute Gasteiger partial charge is 0.376 e.